The number of hydrogen-bond acceptors (Lipinski definition) is 2. The molecule has 0 unspecified atom stereocenters. The molecule has 0 spiro atoms. The fourth-order valence-corrected chi connectivity index (χ4v) is 2.17. The summed E-state index contributed by atoms with van der Waals surface area (Å²) in [7, 11) is 0. The Morgan fingerprint density at radius 2 is 2.00 bits per heavy atom. The molecule has 0 saturated carbocycles. The van der Waals surface area contributed by atoms with Crippen LogP contribution in [0.4, 0.5) is 5.69 Å². The van der Waals surface area contributed by atoms with Crippen LogP contribution >= 0.6 is 0 Å². The molecule has 3 N–H and O–H groups in total. The number of anilines is 1. The summed E-state index contributed by atoms with van der Waals surface area (Å²) < 4.78 is 1.90. The van der Waals surface area contributed by atoms with E-state index in [4.69, 9.17) is 5.73 Å². The van der Waals surface area contributed by atoms with Gasteiger partial charge in [-0.3, -0.25) is 4.79 Å². The van der Waals surface area contributed by atoms with Gasteiger partial charge in [-0.2, -0.15) is 0 Å². The van der Waals surface area contributed by atoms with E-state index < -0.39 is 0 Å². The number of nitrogens with one attached hydrogen (secondary N) is 1. The number of nitrogens with zero attached hydrogens (tertiary/aromatic N) is 1. The lowest BCUT2D eigenvalue weighted by Crippen LogP contribution is -2.28. The Kier molecular flexibility index (Phi) is 4.45. The highest BCUT2D eigenvalue weighted by atomic mass is 16.1. The van der Waals surface area contributed by atoms with Crippen LogP contribution in [0.15, 0.2) is 42.6 Å². The summed E-state index contributed by atoms with van der Waals surface area (Å²) >= 11 is 0. The molecule has 0 radical (unpaired) electrons. The largest absolute Gasteiger partial charge is 0.397 e. The van der Waals surface area contributed by atoms with Gasteiger partial charge in [0.2, 0.25) is 0 Å². The van der Waals surface area contributed by atoms with Crippen LogP contribution in [0.2, 0.25) is 0 Å². The van der Waals surface area contributed by atoms with Crippen molar-refractivity contribution in [1.29, 1.82) is 0 Å². The van der Waals surface area contributed by atoms with Crippen LogP contribution in [0.25, 0.3) is 0 Å². The zero-order valence-corrected chi connectivity index (χ0v) is 12.0. The van der Waals surface area contributed by atoms with Crippen molar-refractivity contribution in [2.75, 3.05) is 12.3 Å². The molecule has 0 aliphatic rings. The number of carbonyl (C=O) groups is 1. The number of benzene rings is 1. The fraction of sp³-hybridized carbons (Fsp3) is 0.312. The lowest BCUT2D eigenvalue weighted by Gasteiger charge is -2.12. The molecule has 4 heteroatoms. The summed E-state index contributed by atoms with van der Waals surface area (Å²) in [6, 6.07) is 12.0. The predicted molar refractivity (Wildman–Crippen MR) is 81.7 cm³/mol. The normalized spacial score (nSPS) is 10.8. The Labute approximate surface area is 119 Å². The Hall–Kier alpha value is -2.23. The van der Waals surface area contributed by atoms with Gasteiger partial charge < -0.3 is 15.6 Å². The Balaban J connectivity index is 1.95. The molecular formula is C16H21N3O. The van der Waals surface area contributed by atoms with Crippen molar-refractivity contribution < 1.29 is 4.79 Å². The van der Waals surface area contributed by atoms with Crippen LogP contribution in [0.1, 0.15) is 35.9 Å². The van der Waals surface area contributed by atoms with E-state index in [1.807, 2.05) is 36.6 Å². The van der Waals surface area contributed by atoms with E-state index in [0.29, 0.717) is 17.9 Å². The number of nitrogens with two attached hydrogens (primary N) is 1. The van der Waals surface area contributed by atoms with Crippen molar-refractivity contribution in [2.24, 2.45) is 0 Å². The van der Waals surface area contributed by atoms with Gasteiger partial charge in [0.1, 0.15) is 5.69 Å². The molecule has 0 fully saturated rings. The van der Waals surface area contributed by atoms with E-state index in [1.54, 1.807) is 12.3 Å². The molecule has 1 aromatic carbocycles. The monoisotopic (exact) mass is 271 g/mol. The number of amides is 1. The summed E-state index contributed by atoms with van der Waals surface area (Å²) in [5, 5.41) is 2.94. The molecule has 20 heavy (non-hydrogen) atoms. The van der Waals surface area contributed by atoms with E-state index in [0.717, 1.165) is 6.42 Å². The van der Waals surface area contributed by atoms with Gasteiger partial charge in [-0.1, -0.05) is 30.3 Å². The number of nitrogen functional groups attached to an aromatic ring is 1. The maximum absolute atomic E-state index is 12.2. The van der Waals surface area contributed by atoms with Crippen LogP contribution in [0, 0.1) is 0 Å². The standard InChI is InChI=1S/C16H21N3O/c1-12(2)19-11-14(17)10-15(19)16(20)18-9-8-13-6-4-3-5-7-13/h3-7,10-12H,8-9,17H2,1-2H3,(H,18,20). The van der Waals surface area contributed by atoms with Crippen LogP contribution in [0.3, 0.4) is 0 Å². The van der Waals surface area contributed by atoms with Crippen molar-refractivity contribution in [3.05, 3.63) is 53.9 Å². The van der Waals surface area contributed by atoms with Gasteiger partial charge in [-0.05, 0) is 31.9 Å². The van der Waals surface area contributed by atoms with E-state index in [-0.39, 0.29) is 11.9 Å². The molecule has 106 valence electrons. The number of rotatable bonds is 5. The van der Waals surface area contributed by atoms with Gasteiger partial charge in [0.05, 0.1) is 5.69 Å². The molecule has 2 rings (SSSR count). The van der Waals surface area contributed by atoms with E-state index in [9.17, 15) is 4.79 Å². The minimum absolute atomic E-state index is 0.0775. The van der Waals surface area contributed by atoms with Crippen molar-refractivity contribution in [2.45, 2.75) is 26.3 Å². The first kappa shape index (κ1) is 14.2. The van der Waals surface area contributed by atoms with Crippen LogP contribution in [0.5, 0.6) is 0 Å². The fourth-order valence-electron chi connectivity index (χ4n) is 2.17. The van der Waals surface area contributed by atoms with Crippen molar-refractivity contribution in [1.82, 2.24) is 9.88 Å². The first-order chi connectivity index (χ1) is 9.58. The van der Waals surface area contributed by atoms with Crippen molar-refractivity contribution in [3.63, 3.8) is 0 Å². The number of hydrogen-bond donors (Lipinski definition) is 2. The van der Waals surface area contributed by atoms with Crippen LogP contribution in [-0.2, 0) is 6.42 Å². The predicted octanol–water partition coefficient (Wildman–Crippen LogP) is 2.62. The summed E-state index contributed by atoms with van der Waals surface area (Å²) in [6.45, 7) is 4.67. The number of aromatic nitrogens is 1. The third-order valence-electron chi connectivity index (χ3n) is 3.20. The first-order valence-corrected chi connectivity index (χ1v) is 6.87. The molecule has 0 saturated heterocycles. The van der Waals surface area contributed by atoms with E-state index in [1.165, 1.54) is 5.56 Å². The third kappa shape index (κ3) is 3.41. The van der Waals surface area contributed by atoms with Gasteiger partial charge in [0, 0.05) is 18.8 Å². The highest BCUT2D eigenvalue weighted by Crippen LogP contribution is 2.16. The Morgan fingerprint density at radius 1 is 1.30 bits per heavy atom. The second-order valence-electron chi connectivity index (χ2n) is 5.15. The molecule has 0 aliphatic carbocycles. The summed E-state index contributed by atoms with van der Waals surface area (Å²) in [6.07, 6.45) is 2.63. The zero-order valence-electron chi connectivity index (χ0n) is 12.0. The van der Waals surface area contributed by atoms with Crippen LogP contribution < -0.4 is 11.1 Å². The Morgan fingerprint density at radius 3 is 2.65 bits per heavy atom. The maximum atomic E-state index is 12.2. The minimum Gasteiger partial charge on any atom is -0.397 e. The van der Waals surface area contributed by atoms with Crippen LogP contribution in [-0.4, -0.2) is 17.0 Å². The second-order valence-corrected chi connectivity index (χ2v) is 5.15. The molecule has 0 bridgehead atoms. The molecule has 1 heterocycles. The van der Waals surface area contributed by atoms with Gasteiger partial charge in [0.25, 0.3) is 5.91 Å². The average molecular weight is 271 g/mol. The molecule has 4 nitrogen and oxygen atoms in total. The van der Waals surface area contributed by atoms with E-state index in [2.05, 4.69) is 17.4 Å². The SMILES string of the molecule is CC(C)n1cc(N)cc1C(=O)NCCc1ccccc1. The summed E-state index contributed by atoms with van der Waals surface area (Å²) in [4.78, 5) is 12.2. The van der Waals surface area contributed by atoms with Crippen molar-refractivity contribution >= 4 is 11.6 Å². The number of carbonyl (C=O) groups excluding carboxylic acids is 1. The lowest BCUT2D eigenvalue weighted by molar-refractivity contribution is 0.0943. The van der Waals surface area contributed by atoms with Gasteiger partial charge in [-0.15, -0.1) is 0 Å². The minimum atomic E-state index is -0.0775. The quantitative estimate of drug-likeness (QED) is 0.878. The maximum Gasteiger partial charge on any atom is 0.268 e. The highest BCUT2D eigenvalue weighted by molar-refractivity contribution is 5.93. The average Bonchev–Trinajstić information content (AvgIpc) is 2.82. The molecule has 0 atom stereocenters. The smallest absolute Gasteiger partial charge is 0.268 e. The molecule has 2 aromatic rings. The molecule has 0 aliphatic heterocycles. The second kappa shape index (κ2) is 6.28. The topological polar surface area (TPSA) is 60.0 Å². The van der Waals surface area contributed by atoms with Gasteiger partial charge in [-0.25, -0.2) is 0 Å². The molecule has 1 aromatic heterocycles. The zero-order chi connectivity index (χ0) is 14.5. The van der Waals surface area contributed by atoms with Gasteiger partial charge >= 0.3 is 0 Å². The molecular weight excluding hydrogens is 250 g/mol. The Bertz CT molecular complexity index is 573. The summed E-state index contributed by atoms with van der Waals surface area (Å²) in [5.41, 5.74) is 8.22. The van der Waals surface area contributed by atoms with Gasteiger partial charge in [0.15, 0.2) is 0 Å². The third-order valence-corrected chi connectivity index (χ3v) is 3.20. The summed E-state index contributed by atoms with van der Waals surface area (Å²) in [5.74, 6) is -0.0775. The highest BCUT2D eigenvalue weighted by Gasteiger charge is 2.14. The molecule has 1 amide bonds. The van der Waals surface area contributed by atoms with E-state index >= 15 is 0 Å². The van der Waals surface area contributed by atoms with Crippen molar-refractivity contribution in [3.8, 4) is 0 Å². The lowest BCUT2D eigenvalue weighted by atomic mass is 10.1. The first-order valence-electron chi connectivity index (χ1n) is 6.87.